The number of esters is 4. The molecule has 0 aromatic heterocycles. The van der Waals surface area contributed by atoms with Crippen LogP contribution in [0.25, 0.3) is 0 Å². The highest BCUT2D eigenvalue weighted by atomic mass is 31.2. The third-order valence-corrected chi connectivity index (χ3v) is 20.0. The van der Waals surface area contributed by atoms with Gasteiger partial charge in [-0.25, -0.2) is 9.13 Å². The van der Waals surface area contributed by atoms with Crippen LogP contribution in [0.5, 0.6) is 0 Å². The molecule has 3 unspecified atom stereocenters. The molecule has 19 heteroatoms. The zero-order valence-corrected chi connectivity index (χ0v) is 63.8. The van der Waals surface area contributed by atoms with Crippen LogP contribution in [0.1, 0.15) is 395 Å². The number of hydrogen-bond acceptors (Lipinski definition) is 15. The zero-order valence-electron chi connectivity index (χ0n) is 62.0. The Kier molecular flexibility index (Phi) is 66.5. The predicted molar refractivity (Wildman–Crippen MR) is 386 cm³/mol. The normalized spacial score (nSPS) is 14.3. The summed E-state index contributed by atoms with van der Waals surface area (Å²) in [4.78, 5) is 72.8. The zero-order chi connectivity index (χ0) is 70.0. The molecule has 0 spiro atoms. The van der Waals surface area contributed by atoms with Crippen molar-refractivity contribution < 1.29 is 80.2 Å². The topological polar surface area (TPSA) is 237 Å². The minimum absolute atomic E-state index is 0.103. The van der Waals surface area contributed by atoms with E-state index in [1.54, 1.807) is 0 Å². The first-order chi connectivity index (χ1) is 45.9. The maximum Gasteiger partial charge on any atom is 0.472 e. The Morgan fingerprint density at radius 2 is 0.537 bits per heavy atom. The number of phosphoric ester groups is 2. The summed E-state index contributed by atoms with van der Waals surface area (Å²) in [7, 11) is -9.91. The smallest absolute Gasteiger partial charge is 0.462 e. The van der Waals surface area contributed by atoms with Crippen molar-refractivity contribution in [1.82, 2.24) is 0 Å². The first kappa shape index (κ1) is 93.1. The summed E-state index contributed by atoms with van der Waals surface area (Å²) in [5.74, 6) is -0.595. The molecule has 0 aliphatic carbocycles. The van der Waals surface area contributed by atoms with Crippen molar-refractivity contribution in [2.45, 2.75) is 413 Å². The number of carbonyl (C=O) groups excluding carboxylic acids is 4. The summed E-state index contributed by atoms with van der Waals surface area (Å²) >= 11 is 0. The van der Waals surface area contributed by atoms with E-state index < -0.39 is 97.5 Å². The predicted octanol–water partition coefficient (Wildman–Crippen LogP) is 22.3. The van der Waals surface area contributed by atoms with E-state index in [-0.39, 0.29) is 25.7 Å². The summed E-state index contributed by atoms with van der Waals surface area (Å²) < 4.78 is 68.5. The lowest BCUT2D eigenvalue weighted by Crippen LogP contribution is -2.30. The van der Waals surface area contributed by atoms with Gasteiger partial charge in [0.15, 0.2) is 12.2 Å². The summed E-state index contributed by atoms with van der Waals surface area (Å²) in [6.07, 6.45) is 55.5. The lowest BCUT2D eigenvalue weighted by molar-refractivity contribution is -0.161. The average Bonchev–Trinajstić information content (AvgIpc) is 2.92. The molecule has 95 heavy (non-hydrogen) atoms. The molecule has 0 rings (SSSR count). The molecule has 564 valence electrons. The second-order valence-electron chi connectivity index (χ2n) is 28.1. The molecule has 0 bridgehead atoms. The maximum atomic E-state index is 13.1. The Morgan fingerprint density at radius 1 is 0.305 bits per heavy atom. The fourth-order valence-electron chi connectivity index (χ4n) is 11.6. The Morgan fingerprint density at radius 3 is 0.800 bits per heavy atom. The first-order valence-electron chi connectivity index (χ1n) is 39.5. The van der Waals surface area contributed by atoms with Gasteiger partial charge in [0, 0.05) is 25.7 Å². The van der Waals surface area contributed by atoms with E-state index in [0.717, 1.165) is 102 Å². The monoisotopic (exact) mass is 1400 g/mol. The highest BCUT2D eigenvalue weighted by Gasteiger charge is 2.30. The highest BCUT2D eigenvalue weighted by molar-refractivity contribution is 7.47. The minimum Gasteiger partial charge on any atom is -0.462 e. The maximum absolute atomic E-state index is 13.1. The van der Waals surface area contributed by atoms with E-state index in [4.69, 9.17) is 37.0 Å². The van der Waals surface area contributed by atoms with Crippen LogP contribution in [0.4, 0.5) is 0 Å². The van der Waals surface area contributed by atoms with E-state index in [1.165, 1.54) is 212 Å². The van der Waals surface area contributed by atoms with Gasteiger partial charge in [0.2, 0.25) is 0 Å². The number of aliphatic hydroxyl groups is 1. The third kappa shape index (κ3) is 69.0. The van der Waals surface area contributed by atoms with E-state index in [9.17, 15) is 43.2 Å². The second kappa shape index (κ2) is 67.9. The molecule has 0 amide bonds. The molecule has 0 aliphatic rings. The largest absolute Gasteiger partial charge is 0.472 e. The molecule has 0 radical (unpaired) electrons. The number of carbonyl (C=O) groups is 4. The van der Waals surface area contributed by atoms with Gasteiger partial charge in [-0.2, -0.15) is 0 Å². The fraction of sp³-hybridized carbons (Fsp3) is 0.947. The number of hydrogen-bond donors (Lipinski definition) is 3. The van der Waals surface area contributed by atoms with Gasteiger partial charge < -0.3 is 33.8 Å². The third-order valence-electron chi connectivity index (χ3n) is 18.1. The SMILES string of the molecule is CCCCCCCCCCCCCCCCCCCC(=O)OC[C@H](COP(=O)(O)OC[C@@H](O)COP(=O)(O)OC[C@@H](COC(=O)CCCCCCCCCCCC)OC(=O)CCCCCCCCC(C)CC)OC(=O)CCCCCCCCCCCCCCCCCC(C)C. The first-order valence-corrected chi connectivity index (χ1v) is 42.5. The Balaban J connectivity index is 5.22. The van der Waals surface area contributed by atoms with E-state index in [2.05, 4.69) is 41.5 Å². The van der Waals surface area contributed by atoms with Crippen LogP contribution in [-0.2, 0) is 65.4 Å². The summed E-state index contributed by atoms with van der Waals surface area (Å²) in [5.41, 5.74) is 0. The quantitative estimate of drug-likeness (QED) is 0.0222. The van der Waals surface area contributed by atoms with Gasteiger partial charge in [-0.1, -0.05) is 343 Å². The molecule has 0 aromatic carbocycles. The van der Waals surface area contributed by atoms with Crippen LogP contribution in [0, 0.1) is 11.8 Å². The van der Waals surface area contributed by atoms with Crippen molar-refractivity contribution in [3.05, 3.63) is 0 Å². The minimum atomic E-state index is -4.96. The number of rotatable bonds is 75. The molecule has 3 N–H and O–H groups in total. The van der Waals surface area contributed by atoms with Crippen molar-refractivity contribution in [1.29, 1.82) is 0 Å². The molecule has 0 aromatic rings. The van der Waals surface area contributed by atoms with Crippen LogP contribution >= 0.6 is 15.6 Å². The van der Waals surface area contributed by atoms with Gasteiger partial charge in [-0.15, -0.1) is 0 Å². The van der Waals surface area contributed by atoms with Gasteiger partial charge in [-0.3, -0.25) is 37.3 Å². The van der Waals surface area contributed by atoms with Crippen LogP contribution < -0.4 is 0 Å². The molecule has 0 heterocycles. The summed E-state index contributed by atoms with van der Waals surface area (Å²) in [5, 5.41) is 10.6. The van der Waals surface area contributed by atoms with Crippen LogP contribution in [0.3, 0.4) is 0 Å². The van der Waals surface area contributed by atoms with E-state index >= 15 is 0 Å². The molecule has 17 nitrogen and oxygen atoms in total. The average molecular weight is 1400 g/mol. The van der Waals surface area contributed by atoms with Gasteiger partial charge in [-0.05, 0) is 37.5 Å². The van der Waals surface area contributed by atoms with Gasteiger partial charge >= 0.3 is 39.5 Å². The summed E-state index contributed by atoms with van der Waals surface area (Å²) in [6, 6.07) is 0. The Labute approximate surface area is 581 Å². The number of aliphatic hydroxyl groups excluding tert-OH is 1. The second-order valence-corrected chi connectivity index (χ2v) is 31.0. The van der Waals surface area contributed by atoms with Gasteiger partial charge in [0.25, 0.3) is 0 Å². The van der Waals surface area contributed by atoms with Crippen molar-refractivity contribution in [3.8, 4) is 0 Å². The Hall–Kier alpha value is -1.94. The van der Waals surface area contributed by atoms with Crippen molar-refractivity contribution in [2.24, 2.45) is 11.8 Å². The molecular weight excluding hydrogens is 1250 g/mol. The standard InChI is InChI=1S/C76H148O17P2/c1-7-10-12-14-16-18-20-21-22-23-26-29-32-36-40-47-53-59-74(79)86-64-71(92-75(80)60-54-48-41-37-33-30-27-24-25-28-31-34-38-44-50-56-68(4)5)66-90-94(82,83)88-62-70(77)63-89-95(84,85)91-67-72(93-76(81)61-55-49-43-42-45-51-57-69(6)9-3)65-87-73(78)58-52-46-39-35-19-17-15-13-11-8-2/h68-72,77H,7-67H2,1-6H3,(H,82,83)(H,84,85)/t69?,70-,71-,72-/m1/s1. The van der Waals surface area contributed by atoms with Crippen LogP contribution in [0.2, 0.25) is 0 Å². The molecular formula is C76H148O17P2. The molecule has 6 atom stereocenters. The lowest BCUT2D eigenvalue weighted by atomic mass is 10.00. The fourth-order valence-corrected chi connectivity index (χ4v) is 13.2. The van der Waals surface area contributed by atoms with E-state index in [0.29, 0.717) is 25.7 Å². The Bertz CT molecular complexity index is 1840. The van der Waals surface area contributed by atoms with Crippen LogP contribution in [0.15, 0.2) is 0 Å². The van der Waals surface area contributed by atoms with Crippen molar-refractivity contribution in [3.63, 3.8) is 0 Å². The highest BCUT2D eigenvalue weighted by Crippen LogP contribution is 2.45. The molecule has 0 fully saturated rings. The number of ether oxygens (including phenoxy) is 4. The molecule has 0 saturated carbocycles. The van der Waals surface area contributed by atoms with Gasteiger partial charge in [0.05, 0.1) is 26.4 Å². The summed E-state index contributed by atoms with van der Waals surface area (Å²) in [6.45, 7) is 9.57. The lowest BCUT2D eigenvalue weighted by Gasteiger charge is -2.21. The van der Waals surface area contributed by atoms with Crippen molar-refractivity contribution in [2.75, 3.05) is 39.6 Å². The number of phosphoric acid groups is 2. The van der Waals surface area contributed by atoms with Crippen LogP contribution in [-0.4, -0.2) is 96.7 Å². The number of unbranched alkanes of at least 4 members (excludes halogenated alkanes) is 44. The van der Waals surface area contributed by atoms with E-state index in [1.807, 2.05) is 0 Å². The molecule has 0 aliphatic heterocycles. The molecule has 0 saturated heterocycles. The van der Waals surface area contributed by atoms with Gasteiger partial charge in [0.1, 0.15) is 19.3 Å². The van der Waals surface area contributed by atoms with Crippen molar-refractivity contribution >= 4 is 39.5 Å².